The molecule has 0 unspecified atom stereocenters. The van der Waals surface area contributed by atoms with E-state index in [0.29, 0.717) is 0 Å². The monoisotopic (exact) mass is 199 g/mol. The molecule has 0 amide bonds. The zero-order valence-electron chi connectivity index (χ0n) is 5.94. The van der Waals surface area contributed by atoms with Crippen LogP contribution < -0.4 is 0 Å². The van der Waals surface area contributed by atoms with Crippen molar-refractivity contribution in [1.29, 1.82) is 0 Å². The van der Waals surface area contributed by atoms with Gasteiger partial charge in [-0.15, -0.1) is 0 Å². The fraction of sp³-hybridized carbons (Fsp3) is 0.250. The Labute approximate surface area is 68.8 Å². The van der Waals surface area contributed by atoms with Gasteiger partial charge in [-0.1, -0.05) is 15.9 Å². The largest absolute Gasteiger partial charge is 0.289 e. The molecule has 0 aliphatic carbocycles. The lowest BCUT2D eigenvalue weighted by atomic mass is 10.1. The van der Waals surface area contributed by atoms with Gasteiger partial charge in [-0.3, -0.25) is 5.11 Å². The van der Waals surface area contributed by atoms with E-state index < -0.39 is 0 Å². The first kappa shape index (κ1) is 7.61. The molecule has 0 aromatic heterocycles. The number of rotatable bonds is 0. The molecule has 0 N–H and O–H groups in total. The van der Waals surface area contributed by atoms with Crippen molar-refractivity contribution in [2.24, 2.45) is 0 Å². The van der Waals surface area contributed by atoms with E-state index in [0.717, 1.165) is 15.6 Å². The Morgan fingerprint density at radius 2 is 1.60 bits per heavy atom. The van der Waals surface area contributed by atoms with Crippen LogP contribution in [0.3, 0.4) is 0 Å². The maximum absolute atomic E-state index is 11.1. The molecule has 2 heteroatoms. The minimum absolute atomic E-state index is 0.142. The maximum atomic E-state index is 11.1. The summed E-state index contributed by atoms with van der Waals surface area (Å²) in [6.07, 6.45) is 0. The zero-order chi connectivity index (χ0) is 7.72. The Hall–Kier alpha value is -0.500. The topological polar surface area (TPSA) is 19.9 Å². The molecule has 0 heterocycles. The molecule has 0 saturated carbocycles. The van der Waals surface area contributed by atoms with Crippen LogP contribution in [0.25, 0.3) is 0 Å². The van der Waals surface area contributed by atoms with E-state index in [4.69, 9.17) is 0 Å². The van der Waals surface area contributed by atoms with Crippen LogP contribution in [0.5, 0.6) is 5.75 Å². The Balaban J connectivity index is 3.31. The van der Waals surface area contributed by atoms with Gasteiger partial charge in [0.05, 0.1) is 0 Å². The summed E-state index contributed by atoms with van der Waals surface area (Å²) < 4.78 is 0.974. The summed E-state index contributed by atoms with van der Waals surface area (Å²) in [5.41, 5.74) is 1.60. The third-order valence-electron chi connectivity index (χ3n) is 1.43. The molecule has 1 radical (unpaired) electrons. The number of benzene rings is 1. The summed E-state index contributed by atoms with van der Waals surface area (Å²) >= 11 is 3.31. The first-order valence-electron chi connectivity index (χ1n) is 3.05. The van der Waals surface area contributed by atoms with Crippen molar-refractivity contribution >= 4 is 15.9 Å². The summed E-state index contributed by atoms with van der Waals surface area (Å²) in [5, 5.41) is 11.1. The van der Waals surface area contributed by atoms with Gasteiger partial charge in [0, 0.05) is 4.47 Å². The number of hydrogen-bond donors (Lipinski definition) is 0. The van der Waals surface area contributed by atoms with Crippen molar-refractivity contribution < 1.29 is 5.11 Å². The van der Waals surface area contributed by atoms with Crippen molar-refractivity contribution in [2.75, 3.05) is 0 Å². The molecular formula is C8H8BrO. The van der Waals surface area contributed by atoms with Crippen LogP contribution in [0, 0.1) is 13.8 Å². The summed E-state index contributed by atoms with van der Waals surface area (Å²) in [7, 11) is 0. The Morgan fingerprint density at radius 3 is 2.00 bits per heavy atom. The average molecular weight is 200 g/mol. The average Bonchev–Trinajstić information content (AvgIpc) is 1.82. The second-order valence-electron chi connectivity index (χ2n) is 2.37. The minimum atomic E-state index is 0.142. The van der Waals surface area contributed by atoms with Crippen LogP contribution in [0.4, 0.5) is 0 Å². The van der Waals surface area contributed by atoms with Gasteiger partial charge in [-0.05, 0) is 37.1 Å². The molecule has 1 rings (SSSR count). The van der Waals surface area contributed by atoms with Crippen LogP contribution in [0.15, 0.2) is 16.6 Å². The van der Waals surface area contributed by atoms with Crippen molar-refractivity contribution in [2.45, 2.75) is 13.8 Å². The van der Waals surface area contributed by atoms with Gasteiger partial charge in [0.25, 0.3) is 0 Å². The lowest BCUT2D eigenvalue weighted by Crippen LogP contribution is -1.78. The van der Waals surface area contributed by atoms with Crippen molar-refractivity contribution in [3.05, 3.63) is 27.7 Å². The van der Waals surface area contributed by atoms with Gasteiger partial charge >= 0.3 is 0 Å². The molecule has 1 aromatic rings. The van der Waals surface area contributed by atoms with E-state index in [-0.39, 0.29) is 5.75 Å². The third-order valence-corrected chi connectivity index (χ3v) is 1.88. The highest BCUT2D eigenvalue weighted by atomic mass is 79.9. The molecule has 0 bridgehead atoms. The van der Waals surface area contributed by atoms with Gasteiger partial charge in [0.2, 0.25) is 0 Å². The van der Waals surface area contributed by atoms with Crippen LogP contribution >= 0.6 is 15.9 Å². The summed E-state index contributed by atoms with van der Waals surface area (Å²) in [6, 6.07) is 3.66. The van der Waals surface area contributed by atoms with E-state index in [9.17, 15) is 5.11 Å². The van der Waals surface area contributed by atoms with E-state index in [1.807, 2.05) is 26.0 Å². The molecule has 0 atom stereocenters. The molecule has 53 valence electrons. The second kappa shape index (κ2) is 2.62. The molecule has 1 nitrogen and oxygen atoms in total. The first-order valence-corrected chi connectivity index (χ1v) is 3.84. The fourth-order valence-corrected chi connectivity index (χ4v) is 1.58. The second-order valence-corrected chi connectivity index (χ2v) is 3.28. The highest BCUT2D eigenvalue weighted by Gasteiger charge is 2.02. The smallest absolute Gasteiger partial charge is 0.184 e. The Morgan fingerprint density at radius 1 is 1.20 bits per heavy atom. The highest BCUT2D eigenvalue weighted by Crippen LogP contribution is 2.25. The zero-order valence-corrected chi connectivity index (χ0v) is 7.53. The van der Waals surface area contributed by atoms with Gasteiger partial charge in [-0.2, -0.15) is 0 Å². The molecule has 0 spiro atoms. The lowest BCUT2D eigenvalue weighted by Gasteiger charge is -1.99. The minimum Gasteiger partial charge on any atom is -0.289 e. The van der Waals surface area contributed by atoms with Gasteiger partial charge in [0.15, 0.2) is 5.75 Å². The van der Waals surface area contributed by atoms with Crippen LogP contribution in [0.2, 0.25) is 0 Å². The van der Waals surface area contributed by atoms with Crippen LogP contribution in [0.1, 0.15) is 11.1 Å². The molecule has 10 heavy (non-hydrogen) atoms. The highest BCUT2D eigenvalue weighted by molar-refractivity contribution is 9.10. The molecule has 1 aromatic carbocycles. The molecule has 0 saturated heterocycles. The first-order chi connectivity index (χ1) is 4.61. The quantitative estimate of drug-likeness (QED) is 0.612. The Bertz CT molecular complexity index is 232. The normalized spacial score (nSPS) is 9.90. The summed E-state index contributed by atoms with van der Waals surface area (Å²) in [5.74, 6) is 0.142. The molecular weight excluding hydrogens is 192 g/mol. The molecule has 0 fully saturated rings. The molecule has 0 aliphatic rings. The number of halogens is 1. The van der Waals surface area contributed by atoms with E-state index in [1.165, 1.54) is 0 Å². The standard InChI is InChI=1S/C8H8BrO/c1-5-3-7(9)4-6(2)8(5)10/h3-4H,1-2H3. The van der Waals surface area contributed by atoms with Gasteiger partial charge in [-0.25, -0.2) is 0 Å². The van der Waals surface area contributed by atoms with Crippen molar-refractivity contribution in [3.8, 4) is 5.75 Å². The number of aryl methyl sites for hydroxylation is 2. The van der Waals surface area contributed by atoms with Gasteiger partial charge in [0.1, 0.15) is 0 Å². The Kier molecular flexibility index (Phi) is 2.00. The fourth-order valence-electron chi connectivity index (χ4n) is 0.897. The summed E-state index contributed by atoms with van der Waals surface area (Å²) in [4.78, 5) is 0. The third kappa shape index (κ3) is 1.32. The predicted molar refractivity (Wildman–Crippen MR) is 43.7 cm³/mol. The van der Waals surface area contributed by atoms with E-state index in [2.05, 4.69) is 15.9 Å². The summed E-state index contributed by atoms with van der Waals surface area (Å²) in [6.45, 7) is 3.64. The van der Waals surface area contributed by atoms with Crippen LogP contribution in [-0.2, 0) is 5.11 Å². The lowest BCUT2D eigenvalue weighted by molar-refractivity contribution is 0.348. The van der Waals surface area contributed by atoms with Crippen molar-refractivity contribution in [3.63, 3.8) is 0 Å². The van der Waals surface area contributed by atoms with Crippen molar-refractivity contribution in [1.82, 2.24) is 0 Å². The van der Waals surface area contributed by atoms with E-state index in [1.54, 1.807) is 0 Å². The predicted octanol–water partition coefficient (Wildman–Crippen LogP) is 3.21. The van der Waals surface area contributed by atoms with Gasteiger partial charge < -0.3 is 0 Å². The number of hydrogen-bond acceptors (Lipinski definition) is 0. The SMILES string of the molecule is Cc1cc(Br)cc(C)c1[O]. The maximum Gasteiger partial charge on any atom is 0.184 e. The van der Waals surface area contributed by atoms with E-state index >= 15 is 0 Å². The molecule has 0 aliphatic heterocycles. The van der Waals surface area contributed by atoms with Crippen LogP contribution in [-0.4, -0.2) is 0 Å².